The molecule has 0 radical (unpaired) electrons. The number of carbonyl (C=O) groups is 1. The molecule has 2 aromatic heterocycles. The Hall–Kier alpha value is -2.97. The van der Waals surface area contributed by atoms with Gasteiger partial charge in [-0.2, -0.15) is 0 Å². The van der Waals surface area contributed by atoms with E-state index in [-0.39, 0.29) is 11.7 Å². The maximum Gasteiger partial charge on any atom is 0.234 e. The van der Waals surface area contributed by atoms with E-state index in [1.807, 2.05) is 30.3 Å². The van der Waals surface area contributed by atoms with Crippen LogP contribution in [0, 0.1) is 30.1 Å². The quantitative estimate of drug-likeness (QED) is 0.167. The lowest BCUT2D eigenvalue weighted by atomic mass is 9.49. The van der Waals surface area contributed by atoms with Gasteiger partial charge in [0.1, 0.15) is 10.8 Å². The largest absolute Gasteiger partial charge is 0.325 e. The number of benzene rings is 2. The number of allylic oxidation sites excluding steroid dienone is 1. The van der Waals surface area contributed by atoms with Crippen molar-refractivity contribution in [3.63, 3.8) is 0 Å². The summed E-state index contributed by atoms with van der Waals surface area (Å²) in [7, 11) is 0. The van der Waals surface area contributed by atoms with Crippen molar-refractivity contribution in [2.75, 3.05) is 11.1 Å². The number of hydrogen-bond acceptors (Lipinski definition) is 6. The first-order valence-corrected chi connectivity index (χ1v) is 16.2. The van der Waals surface area contributed by atoms with Crippen LogP contribution < -0.4 is 5.32 Å². The number of anilines is 1. The van der Waals surface area contributed by atoms with Gasteiger partial charge in [-0.3, -0.25) is 4.79 Å². The summed E-state index contributed by atoms with van der Waals surface area (Å²) in [5.74, 6) is 4.04. The van der Waals surface area contributed by atoms with Gasteiger partial charge in [-0.1, -0.05) is 23.9 Å². The zero-order valence-electron chi connectivity index (χ0n) is 22.9. The lowest BCUT2D eigenvalue weighted by Crippen LogP contribution is -2.47. The van der Waals surface area contributed by atoms with Crippen molar-refractivity contribution in [3.8, 4) is 10.6 Å². The molecule has 0 aliphatic heterocycles. The highest BCUT2D eigenvalue weighted by Crippen LogP contribution is 2.61. The van der Waals surface area contributed by atoms with Gasteiger partial charge in [0.25, 0.3) is 0 Å². The molecule has 8 rings (SSSR count). The minimum absolute atomic E-state index is 0.0519. The Labute approximate surface area is 243 Å². The van der Waals surface area contributed by atoms with Crippen LogP contribution in [0.2, 0.25) is 0 Å². The van der Waals surface area contributed by atoms with Crippen LogP contribution in [0.4, 0.5) is 5.69 Å². The number of fused-ring (bicyclic) bond motifs is 1. The van der Waals surface area contributed by atoms with E-state index in [2.05, 4.69) is 51.8 Å². The molecule has 4 saturated carbocycles. The average molecular weight is 570 g/mol. The van der Waals surface area contributed by atoms with Gasteiger partial charge in [0, 0.05) is 24.2 Å². The first-order valence-electron chi connectivity index (χ1n) is 14.4. The molecule has 4 aliphatic rings. The van der Waals surface area contributed by atoms with E-state index in [0.29, 0.717) is 12.0 Å². The van der Waals surface area contributed by atoms with E-state index in [4.69, 9.17) is 4.98 Å². The summed E-state index contributed by atoms with van der Waals surface area (Å²) in [6, 6.07) is 14.3. The summed E-state index contributed by atoms with van der Waals surface area (Å²) >= 11 is 3.14. The number of carbonyl (C=O) groups excluding carboxylic acids is 1. The number of nitrogens with zero attached hydrogens (tertiary/aromatic N) is 4. The van der Waals surface area contributed by atoms with E-state index in [1.165, 1.54) is 60.6 Å². The van der Waals surface area contributed by atoms with Gasteiger partial charge >= 0.3 is 0 Å². The van der Waals surface area contributed by atoms with Gasteiger partial charge in [0.2, 0.25) is 5.91 Å². The molecule has 0 spiro atoms. The Morgan fingerprint density at radius 1 is 1.10 bits per heavy atom. The van der Waals surface area contributed by atoms with E-state index in [9.17, 15) is 4.79 Å². The smallest absolute Gasteiger partial charge is 0.234 e. The van der Waals surface area contributed by atoms with Gasteiger partial charge in [-0.25, -0.2) is 4.98 Å². The fourth-order valence-electron chi connectivity index (χ4n) is 7.89. The molecule has 4 fully saturated rings. The molecule has 4 aliphatic carbocycles. The van der Waals surface area contributed by atoms with Gasteiger partial charge in [0.05, 0.1) is 16.0 Å². The topological polar surface area (TPSA) is 72.7 Å². The standard InChI is InChI=1S/C32H35N5OS2/c1-3-10-37-28(18-32-15-21-12-22(16-32)14-23(13-21)17-32)35-36-31(37)39-19-29(38)33-25-7-5-24(6-8-25)30-34-26-9-4-20(2)11-27(26)40-30/h3-9,11,21-23H,1,10,12-19H2,2H3,(H,33,38). The minimum Gasteiger partial charge on any atom is -0.325 e. The third-order valence-electron chi connectivity index (χ3n) is 9.10. The monoisotopic (exact) mass is 569 g/mol. The van der Waals surface area contributed by atoms with Crippen molar-refractivity contribution in [1.29, 1.82) is 0 Å². The summed E-state index contributed by atoms with van der Waals surface area (Å²) in [4.78, 5) is 17.6. The summed E-state index contributed by atoms with van der Waals surface area (Å²) in [6.07, 6.45) is 11.3. The third-order valence-corrected chi connectivity index (χ3v) is 11.1. The Kier molecular flexibility index (Phi) is 6.79. The van der Waals surface area contributed by atoms with Crippen LogP contribution in [-0.4, -0.2) is 31.4 Å². The van der Waals surface area contributed by atoms with Gasteiger partial charge in [-0.05, 0) is 111 Å². The molecular weight excluding hydrogens is 535 g/mol. The summed E-state index contributed by atoms with van der Waals surface area (Å²) in [5, 5.41) is 14.0. The number of thiazole rings is 1. The van der Waals surface area contributed by atoms with Crippen LogP contribution in [0.15, 0.2) is 60.3 Å². The van der Waals surface area contributed by atoms with Crippen LogP contribution in [0.5, 0.6) is 0 Å². The van der Waals surface area contributed by atoms with E-state index in [0.717, 1.165) is 56.9 Å². The molecule has 1 N–H and O–H groups in total. The Morgan fingerprint density at radius 3 is 2.52 bits per heavy atom. The minimum atomic E-state index is -0.0519. The molecule has 40 heavy (non-hydrogen) atoms. The molecule has 6 nitrogen and oxygen atoms in total. The first-order chi connectivity index (χ1) is 19.4. The first kappa shape index (κ1) is 26.0. The van der Waals surface area contributed by atoms with Crippen molar-refractivity contribution < 1.29 is 4.79 Å². The predicted molar refractivity (Wildman–Crippen MR) is 164 cm³/mol. The second kappa shape index (κ2) is 10.5. The zero-order valence-corrected chi connectivity index (χ0v) is 24.6. The van der Waals surface area contributed by atoms with Crippen LogP contribution >= 0.6 is 23.1 Å². The Morgan fingerprint density at radius 2 is 1.82 bits per heavy atom. The molecule has 4 bridgehead atoms. The van der Waals surface area contributed by atoms with Crippen LogP contribution in [0.3, 0.4) is 0 Å². The highest BCUT2D eigenvalue weighted by molar-refractivity contribution is 7.99. The predicted octanol–water partition coefficient (Wildman–Crippen LogP) is 7.54. The third kappa shape index (κ3) is 5.12. The number of amides is 1. The lowest BCUT2D eigenvalue weighted by molar-refractivity contribution is -0.113. The fourth-order valence-corrected chi connectivity index (χ4v) is 9.73. The molecule has 206 valence electrons. The molecule has 8 heteroatoms. The molecule has 2 heterocycles. The number of thioether (sulfide) groups is 1. The second-order valence-electron chi connectivity index (χ2n) is 12.3. The molecule has 0 atom stereocenters. The SMILES string of the molecule is C=CCn1c(CC23CC4CC(CC(C4)C2)C3)nnc1SCC(=O)Nc1ccc(-c2nc3ccc(C)cc3s2)cc1. The maximum atomic E-state index is 12.8. The summed E-state index contributed by atoms with van der Waals surface area (Å²) in [6.45, 7) is 6.74. The van der Waals surface area contributed by atoms with Gasteiger partial charge < -0.3 is 9.88 Å². The normalized spacial score (nSPS) is 25.0. The fraction of sp³-hybridized carbons (Fsp3) is 0.438. The molecule has 4 aromatic rings. The lowest BCUT2D eigenvalue weighted by Gasteiger charge is -2.56. The van der Waals surface area contributed by atoms with E-state index < -0.39 is 0 Å². The highest BCUT2D eigenvalue weighted by atomic mass is 32.2. The molecule has 2 aromatic carbocycles. The van der Waals surface area contributed by atoms with Gasteiger partial charge in [0.15, 0.2) is 5.16 Å². The second-order valence-corrected chi connectivity index (χ2v) is 14.3. The number of nitrogens with one attached hydrogen (secondary N) is 1. The van der Waals surface area contributed by atoms with Crippen LogP contribution in [-0.2, 0) is 17.8 Å². The molecule has 1 amide bonds. The molecular formula is C32H35N5OS2. The van der Waals surface area contributed by atoms with Crippen molar-refractivity contribution in [2.45, 2.75) is 63.6 Å². The molecule has 0 unspecified atom stereocenters. The Balaban J connectivity index is 0.988. The Bertz CT molecular complexity index is 1530. The number of aromatic nitrogens is 4. The van der Waals surface area contributed by atoms with Gasteiger partial charge in [-0.15, -0.1) is 28.1 Å². The van der Waals surface area contributed by atoms with Crippen molar-refractivity contribution in [1.82, 2.24) is 19.7 Å². The maximum absolute atomic E-state index is 12.8. The number of rotatable bonds is 9. The highest BCUT2D eigenvalue weighted by Gasteiger charge is 2.51. The number of aryl methyl sites for hydroxylation is 1. The molecule has 0 saturated heterocycles. The van der Waals surface area contributed by atoms with Crippen molar-refractivity contribution in [3.05, 3.63) is 66.5 Å². The van der Waals surface area contributed by atoms with Crippen LogP contribution in [0.25, 0.3) is 20.8 Å². The average Bonchev–Trinajstić information content (AvgIpc) is 3.50. The van der Waals surface area contributed by atoms with Crippen molar-refractivity contribution in [2.24, 2.45) is 23.2 Å². The van der Waals surface area contributed by atoms with E-state index in [1.54, 1.807) is 11.3 Å². The zero-order chi connectivity index (χ0) is 27.3. The summed E-state index contributed by atoms with van der Waals surface area (Å²) in [5.41, 5.74) is 4.48. The number of hydrogen-bond donors (Lipinski definition) is 1. The summed E-state index contributed by atoms with van der Waals surface area (Å²) < 4.78 is 3.37. The van der Waals surface area contributed by atoms with E-state index >= 15 is 0 Å². The van der Waals surface area contributed by atoms with Crippen LogP contribution in [0.1, 0.15) is 49.9 Å². The van der Waals surface area contributed by atoms with Crippen molar-refractivity contribution >= 4 is 44.9 Å².